The fourth-order valence-corrected chi connectivity index (χ4v) is 2.69. The Labute approximate surface area is 140 Å². The van der Waals surface area contributed by atoms with Crippen LogP contribution >= 0.6 is 0 Å². The van der Waals surface area contributed by atoms with Crippen molar-refractivity contribution in [2.75, 3.05) is 13.1 Å². The Kier molecular flexibility index (Phi) is 5.31. The Morgan fingerprint density at radius 3 is 2.42 bits per heavy atom. The third-order valence-electron chi connectivity index (χ3n) is 4.04. The summed E-state index contributed by atoms with van der Waals surface area (Å²) in [4.78, 5) is 13.8. The van der Waals surface area contributed by atoms with Crippen LogP contribution in [0.3, 0.4) is 0 Å². The topological polar surface area (TPSA) is 38.8 Å². The maximum Gasteiger partial charge on any atom is 0.410 e. The number of rotatable bonds is 4. The lowest BCUT2D eigenvalue weighted by Crippen LogP contribution is -2.42. The second kappa shape index (κ2) is 7.81. The van der Waals surface area contributed by atoms with Crippen molar-refractivity contribution in [3.05, 3.63) is 66.0 Å². The van der Waals surface area contributed by atoms with Gasteiger partial charge >= 0.3 is 6.09 Å². The van der Waals surface area contributed by atoms with E-state index in [0.717, 1.165) is 5.56 Å². The van der Waals surface area contributed by atoms with E-state index in [1.54, 1.807) is 23.1 Å². The number of hydrogen-bond donors (Lipinski definition) is 0. The van der Waals surface area contributed by atoms with E-state index in [0.29, 0.717) is 25.9 Å². The zero-order valence-electron chi connectivity index (χ0n) is 13.4. The van der Waals surface area contributed by atoms with E-state index >= 15 is 0 Å². The fraction of sp³-hybridized carbons (Fsp3) is 0.316. The van der Waals surface area contributed by atoms with Gasteiger partial charge in [0.05, 0.1) is 0 Å². The van der Waals surface area contributed by atoms with E-state index in [9.17, 15) is 9.18 Å². The summed E-state index contributed by atoms with van der Waals surface area (Å²) in [5.41, 5.74) is 0.962. The summed E-state index contributed by atoms with van der Waals surface area (Å²) in [7, 11) is 0. The Hall–Kier alpha value is -2.56. The van der Waals surface area contributed by atoms with Gasteiger partial charge in [0.15, 0.2) is 11.6 Å². The molecule has 1 saturated heterocycles. The van der Waals surface area contributed by atoms with Gasteiger partial charge in [-0.15, -0.1) is 0 Å². The van der Waals surface area contributed by atoms with Crippen LogP contribution in [0, 0.1) is 5.82 Å². The zero-order valence-corrected chi connectivity index (χ0v) is 13.4. The van der Waals surface area contributed by atoms with E-state index < -0.39 is 0 Å². The van der Waals surface area contributed by atoms with E-state index in [1.807, 2.05) is 30.3 Å². The molecule has 0 aliphatic carbocycles. The van der Waals surface area contributed by atoms with Gasteiger partial charge in [-0.05, 0) is 17.7 Å². The van der Waals surface area contributed by atoms with Crippen molar-refractivity contribution in [2.24, 2.45) is 0 Å². The number of halogens is 1. The van der Waals surface area contributed by atoms with Crippen LogP contribution in [0.2, 0.25) is 0 Å². The second-order valence-electron chi connectivity index (χ2n) is 5.77. The maximum atomic E-state index is 13.6. The van der Waals surface area contributed by atoms with Gasteiger partial charge in [-0.2, -0.15) is 0 Å². The lowest BCUT2D eigenvalue weighted by atomic mass is 10.1. The molecule has 0 spiro atoms. The highest BCUT2D eigenvalue weighted by Gasteiger charge is 2.25. The number of amides is 1. The highest BCUT2D eigenvalue weighted by Crippen LogP contribution is 2.22. The van der Waals surface area contributed by atoms with Gasteiger partial charge in [0, 0.05) is 25.9 Å². The summed E-state index contributed by atoms with van der Waals surface area (Å²) in [6, 6.07) is 16.0. The molecule has 2 aromatic rings. The van der Waals surface area contributed by atoms with Gasteiger partial charge in [-0.25, -0.2) is 9.18 Å². The van der Waals surface area contributed by atoms with Gasteiger partial charge < -0.3 is 14.4 Å². The molecule has 2 aromatic carbocycles. The van der Waals surface area contributed by atoms with Crippen molar-refractivity contribution in [1.29, 1.82) is 0 Å². The van der Waals surface area contributed by atoms with Gasteiger partial charge in [0.25, 0.3) is 0 Å². The molecule has 126 valence electrons. The quantitative estimate of drug-likeness (QED) is 0.851. The molecule has 1 aliphatic rings. The summed E-state index contributed by atoms with van der Waals surface area (Å²) in [6.45, 7) is 1.37. The van der Waals surface area contributed by atoms with Crippen LogP contribution in [0.15, 0.2) is 54.6 Å². The standard InChI is InChI=1S/C19H20FNO3/c20-17-8-4-5-9-18(17)24-16-10-12-21(13-11-16)19(22)23-14-15-6-2-1-3-7-15/h1-9,16H,10-14H2. The van der Waals surface area contributed by atoms with Gasteiger partial charge in [0.2, 0.25) is 0 Å². The lowest BCUT2D eigenvalue weighted by Gasteiger charge is -2.31. The first-order valence-electron chi connectivity index (χ1n) is 8.09. The van der Waals surface area contributed by atoms with Crippen LogP contribution in [0.25, 0.3) is 0 Å². The Morgan fingerprint density at radius 1 is 1.04 bits per heavy atom. The lowest BCUT2D eigenvalue weighted by molar-refractivity contribution is 0.0626. The number of carbonyl (C=O) groups excluding carboxylic acids is 1. The predicted molar refractivity (Wildman–Crippen MR) is 88.3 cm³/mol. The van der Waals surface area contributed by atoms with Crippen LogP contribution in [0.5, 0.6) is 5.75 Å². The predicted octanol–water partition coefficient (Wildman–Crippen LogP) is 4.01. The number of ether oxygens (including phenoxy) is 2. The molecular formula is C19H20FNO3. The Bertz CT molecular complexity index is 669. The SMILES string of the molecule is O=C(OCc1ccccc1)N1CCC(Oc2ccccc2F)CC1. The molecule has 0 bridgehead atoms. The number of likely N-dealkylation sites (tertiary alicyclic amines) is 1. The van der Waals surface area contributed by atoms with Crippen molar-refractivity contribution < 1.29 is 18.7 Å². The zero-order chi connectivity index (χ0) is 16.8. The minimum absolute atomic E-state index is 0.0833. The van der Waals surface area contributed by atoms with Gasteiger partial charge in [-0.1, -0.05) is 42.5 Å². The third-order valence-corrected chi connectivity index (χ3v) is 4.04. The maximum absolute atomic E-state index is 13.6. The van der Waals surface area contributed by atoms with E-state index in [-0.39, 0.29) is 30.4 Å². The molecule has 1 amide bonds. The Morgan fingerprint density at radius 2 is 1.71 bits per heavy atom. The van der Waals surface area contributed by atoms with Crippen LogP contribution < -0.4 is 4.74 Å². The molecule has 5 heteroatoms. The highest BCUT2D eigenvalue weighted by atomic mass is 19.1. The molecule has 0 aromatic heterocycles. The molecule has 0 radical (unpaired) electrons. The number of carbonyl (C=O) groups is 1. The monoisotopic (exact) mass is 329 g/mol. The molecule has 0 atom stereocenters. The van der Waals surface area contributed by atoms with E-state index in [1.165, 1.54) is 6.07 Å². The molecule has 1 fully saturated rings. The first kappa shape index (κ1) is 16.3. The fourth-order valence-electron chi connectivity index (χ4n) is 2.69. The minimum atomic E-state index is -0.359. The molecule has 1 heterocycles. The second-order valence-corrected chi connectivity index (χ2v) is 5.77. The molecular weight excluding hydrogens is 309 g/mol. The smallest absolute Gasteiger partial charge is 0.410 e. The number of benzene rings is 2. The summed E-state index contributed by atoms with van der Waals surface area (Å²) in [5.74, 6) is -0.0928. The number of para-hydroxylation sites is 1. The third kappa shape index (κ3) is 4.25. The van der Waals surface area contributed by atoms with Crippen molar-refractivity contribution in [3.63, 3.8) is 0 Å². The Balaban J connectivity index is 1.44. The minimum Gasteiger partial charge on any atom is -0.487 e. The number of hydrogen-bond acceptors (Lipinski definition) is 3. The van der Waals surface area contributed by atoms with Crippen molar-refractivity contribution >= 4 is 6.09 Å². The number of nitrogens with zero attached hydrogens (tertiary/aromatic N) is 1. The van der Waals surface area contributed by atoms with Crippen LogP contribution in [-0.4, -0.2) is 30.2 Å². The normalized spacial score (nSPS) is 15.1. The van der Waals surface area contributed by atoms with Crippen molar-refractivity contribution in [1.82, 2.24) is 4.90 Å². The largest absolute Gasteiger partial charge is 0.487 e. The first-order chi connectivity index (χ1) is 11.7. The summed E-state index contributed by atoms with van der Waals surface area (Å²) in [5, 5.41) is 0. The van der Waals surface area contributed by atoms with Crippen LogP contribution in [0.4, 0.5) is 9.18 Å². The average Bonchev–Trinajstić information content (AvgIpc) is 2.63. The summed E-state index contributed by atoms with van der Waals surface area (Å²) in [6.07, 6.45) is 0.923. The molecule has 3 rings (SSSR count). The van der Waals surface area contributed by atoms with Crippen LogP contribution in [-0.2, 0) is 11.3 Å². The van der Waals surface area contributed by atoms with Crippen LogP contribution in [0.1, 0.15) is 18.4 Å². The molecule has 0 unspecified atom stereocenters. The number of piperidine rings is 1. The molecule has 24 heavy (non-hydrogen) atoms. The first-order valence-corrected chi connectivity index (χ1v) is 8.09. The van der Waals surface area contributed by atoms with E-state index in [2.05, 4.69) is 0 Å². The highest BCUT2D eigenvalue weighted by molar-refractivity contribution is 5.67. The molecule has 4 nitrogen and oxygen atoms in total. The summed E-state index contributed by atoms with van der Waals surface area (Å²) >= 11 is 0. The summed E-state index contributed by atoms with van der Waals surface area (Å²) < 4.78 is 24.6. The molecule has 0 N–H and O–H groups in total. The average molecular weight is 329 g/mol. The molecule has 0 saturated carbocycles. The van der Waals surface area contributed by atoms with Crippen molar-refractivity contribution in [3.8, 4) is 5.75 Å². The van der Waals surface area contributed by atoms with Gasteiger partial charge in [-0.3, -0.25) is 0 Å². The molecule has 1 aliphatic heterocycles. The van der Waals surface area contributed by atoms with E-state index in [4.69, 9.17) is 9.47 Å². The van der Waals surface area contributed by atoms with Gasteiger partial charge in [0.1, 0.15) is 12.7 Å². The van der Waals surface area contributed by atoms with Crippen molar-refractivity contribution in [2.45, 2.75) is 25.6 Å².